The predicted molar refractivity (Wildman–Crippen MR) is 140 cm³/mol. The third kappa shape index (κ3) is 5.02. The van der Waals surface area contributed by atoms with Crippen molar-refractivity contribution in [3.63, 3.8) is 0 Å². The van der Waals surface area contributed by atoms with E-state index < -0.39 is 26.0 Å². The van der Waals surface area contributed by atoms with Crippen LogP contribution in [0.25, 0.3) is 0 Å². The molecule has 1 amide bonds. The molecule has 0 saturated heterocycles. The van der Waals surface area contributed by atoms with Crippen LogP contribution < -0.4 is 9.62 Å². The first-order valence-corrected chi connectivity index (χ1v) is 14.7. The molecule has 1 N–H and O–H groups in total. The number of anilines is 2. The largest absolute Gasteiger partial charge is 0.322 e. The fourth-order valence-electron chi connectivity index (χ4n) is 4.30. The molecule has 8 nitrogen and oxygen atoms in total. The summed E-state index contributed by atoms with van der Waals surface area (Å²) < 4.78 is 55.0. The maximum atomic E-state index is 13.3. The average Bonchev–Trinajstić information content (AvgIpc) is 2.89. The third-order valence-corrected chi connectivity index (χ3v) is 10.1. The molecule has 0 aliphatic carbocycles. The minimum atomic E-state index is -3.78. The highest BCUT2D eigenvalue weighted by Gasteiger charge is 2.29. The van der Waals surface area contributed by atoms with Gasteiger partial charge in [-0.3, -0.25) is 9.10 Å². The zero-order valence-corrected chi connectivity index (χ0v) is 21.8. The molecule has 0 fully saturated rings. The number of rotatable bonds is 8. The number of aryl methyl sites for hydroxylation is 1. The maximum absolute atomic E-state index is 13.3. The van der Waals surface area contributed by atoms with Gasteiger partial charge in [-0.05, 0) is 66.9 Å². The quantitative estimate of drug-likeness (QED) is 0.475. The number of carbonyl (C=O) groups excluding carboxylic acids is 1. The van der Waals surface area contributed by atoms with E-state index in [4.69, 9.17) is 0 Å². The molecule has 0 aromatic heterocycles. The van der Waals surface area contributed by atoms with Gasteiger partial charge in [0.15, 0.2) is 0 Å². The maximum Gasteiger partial charge on any atom is 0.264 e. The van der Waals surface area contributed by atoms with Gasteiger partial charge < -0.3 is 5.32 Å². The van der Waals surface area contributed by atoms with Gasteiger partial charge in [-0.2, -0.15) is 4.31 Å². The minimum Gasteiger partial charge on any atom is -0.322 e. The first kappa shape index (κ1) is 25.9. The van der Waals surface area contributed by atoms with E-state index in [0.29, 0.717) is 31.0 Å². The van der Waals surface area contributed by atoms with Crippen LogP contribution in [0.2, 0.25) is 0 Å². The predicted octanol–water partition coefficient (Wildman–Crippen LogP) is 4.11. The van der Waals surface area contributed by atoms with Crippen LogP contribution in [0.1, 0.15) is 36.2 Å². The zero-order chi connectivity index (χ0) is 25.9. The molecule has 0 saturated carbocycles. The molecule has 0 bridgehead atoms. The van der Waals surface area contributed by atoms with Crippen molar-refractivity contribution in [1.29, 1.82) is 0 Å². The Morgan fingerprint density at radius 1 is 0.889 bits per heavy atom. The molecule has 4 rings (SSSR count). The summed E-state index contributed by atoms with van der Waals surface area (Å²) in [4.78, 5) is 13.0. The molecule has 1 aliphatic heterocycles. The number of para-hydroxylation sites is 1. The summed E-state index contributed by atoms with van der Waals surface area (Å²) >= 11 is 0. The Balaban J connectivity index is 1.53. The molecular formula is C26H29N3O5S2. The lowest BCUT2D eigenvalue weighted by atomic mass is 10.0. The molecule has 1 heterocycles. The summed E-state index contributed by atoms with van der Waals surface area (Å²) in [5, 5.41) is 2.70. The van der Waals surface area contributed by atoms with Crippen LogP contribution in [0, 0.1) is 0 Å². The van der Waals surface area contributed by atoms with Crippen molar-refractivity contribution in [3.8, 4) is 0 Å². The lowest BCUT2D eigenvalue weighted by molar-refractivity contribution is 0.102. The molecule has 0 unspecified atom stereocenters. The lowest BCUT2D eigenvalue weighted by Gasteiger charge is -2.30. The highest BCUT2D eigenvalue weighted by atomic mass is 32.2. The molecular weight excluding hydrogens is 498 g/mol. The number of amides is 1. The van der Waals surface area contributed by atoms with Gasteiger partial charge in [-0.15, -0.1) is 0 Å². The third-order valence-electron chi connectivity index (χ3n) is 6.21. The van der Waals surface area contributed by atoms with Crippen molar-refractivity contribution in [2.45, 2.75) is 36.5 Å². The summed E-state index contributed by atoms with van der Waals surface area (Å²) in [5.74, 6) is -0.473. The van der Waals surface area contributed by atoms with Crippen LogP contribution in [0.4, 0.5) is 11.4 Å². The van der Waals surface area contributed by atoms with Gasteiger partial charge >= 0.3 is 0 Å². The lowest BCUT2D eigenvalue weighted by Crippen LogP contribution is -2.35. The fourth-order valence-corrected chi connectivity index (χ4v) is 7.35. The first-order chi connectivity index (χ1) is 17.2. The number of nitrogens with one attached hydrogen (secondary N) is 1. The Morgan fingerprint density at radius 2 is 1.58 bits per heavy atom. The highest BCUT2D eigenvalue weighted by molar-refractivity contribution is 7.92. The Kier molecular flexibility index (Phi) is 7.49. The van der Waals surface area contributed by atoms with E-state index in [1.165, 1.54) is 45.0 Å². The smallest absolute Gasteiger partial charge is 0.264 e. The molecule has 0 spiro atoms. The van der Waals surface area contributed by atoms with Crippen molar-refractivity contribution in [1.82, 2.24) is 4.31 Å². The average molecular weight is 528 g/mol. The van der Waals surface area contributed by atoms with Crippen LogP contribution in [0.5, 0.6) is 0 Å². The summed E-state index contributed by atoms with van der Waals surface area (Å²) in [6.45, 7) is 4.61. The molecule has 0 radical (unpaired) electrons. The number of fused-ring (bicyclic) bond motifs is 1. The van der Waals surface area contributed by atoms with Crippen molar-refractivity contribution in [3.05, 3.63) is 83.9 Å². The Labute approximate surface area is 212 Å². The Morgan fingerprint density at radius 3 is 2.28 bits per heavy atom. The molecule has 0 atom stereocenters. The summed E-state index contributed by atoms with van der Waals surface area (Å²) in [6, 6.07) is 19.3. The number of benzene rings is 3. The number of nitrogens with zero attached hydrogens (tertiary/aromatic N) is 2. The van der Waals surface area contributed by atoms with E-state index in [1.807, 2.05) is 24.3 Å². The topological polar surface area (TPSA) is 104 Å². The van der Waals surface area contributed by atoms with Crippen LogP contribution >= 0.6 is 0 Å². The Hall–Kier alpha value is -3.21. The fraction of sp³-hybridized carbons (Fsp3) is 0.269. The highest BCUT2D eigenvalue weighted by Crippen LogP contribution is 2.32. The van der Waals surface area contributed by atoms with Gasteiger partial charge in [-0.1, -0.05) is 38.1 Å². The molecule has 1 aliphatic rings. The van der Waals surface area contributed by atoms with Gasteiger partial charge in [0.05, 0.1) is 15.5 Å². The van der Waals surface area contributed by atoms with Crippen molar-refractivity contribution >= 4 is 37.3 Å². The van der Waals surface area contributed by atoms with Gasteiger partial charge in [0.25, 0.3) is 15.9 Å². The molecule has 3 aromatic carbocycles. The zero-order valence-electron chi connectivity index (χ0n) is 20.2. The van der Waals surface area contributed by atoms with Crippen molar-refractivity contribution < 1.29 is 21.6 Å². The standard InChI is InChI=1S/C26H29N3O5S2/c1-3-28(4-2)35(31,32)24-12-7-11-22(19-24)27-26(30)21-14-16-23(17-15-21)36(33,34)29-18-8-10-20-9-5-6-13-25(20)29/h5-7,9,11-17,19H,3-4,8,10,18H2,1-2H3,(H,27,30). The monoisotopic (exact) mass is 527 g/mol. The summed E-state index contributed by atoms with van der Waals surface area (Å²) in [7, 11) is -7.45. The van der Waals surface area contributed by atoms with Gasteiger partial charge in [0.1, 0.15) is 0 Å². The van der Waals surface area contributed by atoms with Crippen LogP contribution in [-0.4, -0.2) is 46.7 Å². The van der Waals surface area contributed by atoms with E-state index in [0.717, 1.165) is 18.4 Å². The summed E-state index contributed by atoms with van der Waals surface area (Å²) in [6.07, 6.45) is 1.57. The molecule has 190 valence electrons. The summed E-state index contributed by atoms with van der Waals surface area (Å²) in [5.41, 5.74) is 2.26. The van der Waals surface area contributed by atoms with Crippen LogP contribution in [-0.2, 0) is 26.5 Å². The van der Waals surface area contributed by atoms with E-state index >= 15 is 0 Å². The van der Waals surface area contributed by atoms with Crippen LogP contribution in [0.15, 0.2) is 82.6 Å². The number of hydrogen-bond acceptors (Lipinski definition) is 5. The normalized spacial score (nSPS) is 13.9. The van der Waals surface area contributed by atoms with E-state index in [2.05, 4.69) is 5.32 Å². The molecule has 10 heteroatoms. The SMILES string of the molecule is CCN(CC)S(=O)(=O)c1cccc(NC(=O)c2ccc(S(=O)(=O)N3CCCc4ccccc43)cc2)c1. The van der Waals surface area contributed by atoms with Gasteiger partial charge in [-0.25, -0.2) is 16.8 Å². The van der Waals surface area contributed by atoms with Crippen molar-refractivity contribution in [2.75, 3.05) is 29.3 Å². The first-order valence-electron chi connectivity index (χ1n) is 11.8. The van der Waals surface area contributed by atoms with E-state index in [1.54, 1.807) is 26.0 Å². The Bertz CT molecular complexity index is 1470. The van der Waals surface area contributed by atoms with Crippen molar-refractivity contribution in [2.24, 2.45) is 0 Å². The van der Waals surface area contributed by atoms with E-state index in [9.17, 15) is 21.6 Å². The molecule has 3 aromatic rings. The van der Waals surface area contributed by atoms with Crippen LogP contribution in [0.3, 0.4) is 0 Å². The number of sulfonamides is 2. The minimum absolute atomic E-state index is 0.0901. The van der Waals surface area contributed by atoms with Gasteiger partial charge in [0, 0.05) is 30.9 Å². The molecule has 36 heavy (non-hydrogen) atoms. The second kappa shape index (κ2) is 10.4. The van der Waals surface area contributed by atoms with E-state index in [-0.39, 0.29) is 15.4 Å². The second-order valence-electron chi connectivity index (χ2n) is 8.41. The number of carbonyl (C=O) groups is 1. The van der Waals surface area contributed by atoms with Gasteiger partial charge in [0.2, 0.25) is 10.0 Å². The number of hydrogen-bond donors (Lipinski definition) is 1. The second-order valence-corrected chi connectivity index (χ2v) is 12.2.